The van der Waals surface area contributed by atoms with Gasteiger partial charge in [0.2, 0.25) is 5.91 Å². The van der Waals surface area contributed by atoms with Crippen LogP contribution >= 0.6 is 0 Å². The number of carbonyl (C=O) groups is 2. The molecule has 19 heavy (non-hydrogen) atoms. The summed E-state index contributed by atoms with van der Waals surface area (Å²) in [6, 6.07) is 6.37. The van der Waals surface area contributed by atoms with E-state index in [1.807, 2.05) is 0 Å². The predicted molar refractivity (Wildman–Crippen MR) is 68.8 cm³/mol. The maximum Gasteiger partial charge on any atom is 0.329 e. The van der Waals surface area contributed by atoms with Crippen LogP contribution in [0.5, 0.6) is 5.75 Å². The number of aliphatic carboxylic acids is 1. The zero-order valence-corrected chi connectivity index (χ0v) is 10.8. The number of benzene rings is 1. The van der Waals surface area contributed by atoms with Crippen LogP contribution < -0.4 is 0 Å². The molecular formula is C14H17NO4. The molecule has 0 radical (unpaired) electrons. The number of rotatable bonds is 3. The minimum Gasteiger partial charge on any atom is -0.508 e. The van der Waals surface area contributed by atoms with Gasteiger partial charge in [-0.05, 0) is 37.5 Å². The van der Waals surface area contributed by atoms with Crippen LogP contribution in [-0.4, -0.2) is 39.1 Å². The molecule has 1 amide bonds. The number of aromatic hydroxyl groups is 1. The molecule has 102 valence electrons. The quantitative estimate of drug-likeness (QED) is 0.864. The summed E-state index contributed by atoms with van der Waals surface area (Å²) >= 11 is 0. The maximum absolute atomic E-state index is 12.2. The SMILES string of the molecule is CC1(C(=O)O)CCCN1C(=O)Cc1ccc(O)cc1. The van der Waals surface area contributed by atoms with Crippen molar-refractivity contribution < 1.29 is 19.8 Å². The molecule has 1 aromatic rings. The third-order valence-corrected chi connectivity index (χ3v) is 3.69. The van der Waals surface area contributed by atoms with Gasteiger partial charge in [0.15, 0.2) is 0 Å². The molecule has 1 aliphatic rings. The van der Waals surface area contributed by atoms with Gasteiger partial charge in [0.25, 0.3) is 0 Å². The van der Waals surface area contributed by atoms with Gasteiger partial charge >= 0.3 is 5.97 Å². The summed E-state index contributed by atoms with van der Waals surface area (Å²) in [7, 11) is 0. The van der Waals surface area contributed by atoms with E-state index in [0.29, 0.717) is 19.4 Å². The Bertz CT molecular complexity index is 497. The lowest BCUT2D eigenvalue weighted by molar-refractivity contribution is -0.155. The van der Waals surface area contributed by atoms with Gasteiger partial charge in [0.05, 0.1) is 6.42 Å². The summed E-state index contributed by atoms with van der Waals surface area (Å²) in [5, 5.41) is 18.5. The van der Waals surface area contributed by atoms with E-state index in [1.165, 1.54) is 17.0 Å². The average molecular weight is 263 g/mol. The Kier molecular flexibility index (Phi) is 3.46. The zero-order valence-electron chi connectivity index (χ0n) is 10.8. The predicted octanol–water partition coefficient (Wildman–Crippen LogP) is 1.40. The Morgan fingerprint density at radius 3 is 2.53 bits per heavy atom. The molecule has 5 heteroatoms. The fourth-order valence-corrected chi connectivity index (χ4v) is 2.47. The number of phenols is 1. The van der Waals surface area contributed by atoms with Gasteiger partial charge in [-0.3, -0.25) is 4.79 Å². The van der Waals surface area contributed by atoms with Crippen molar-refractivity contribution in [1.29, 1.82) is 0 Å². The van der Waals surface area contributed by atoms with E-state index in [9.17, 15) is 19.8 Å². The molecule has 5 nitrogen and oxygen atoms in total. The Labute approximate surface area is 111 Å². The molecule has 0 aromatic heterocycles. The first-order valence-electron chi connectivity index (χ1n) is 6.25. The number of phenolic OH excluding ortho intramolecular Hbond substituents is 1. The van der Waals surface area contributed by atoms with Crippen LogP contribution in [0, 0.1) is 0 Å². The van der Waals surface area contributed by atoms with Gasteiger partial charge in [0, 0.05) is 6.54 Å². The van der Waals surface area contributed by atoms with Crippen LogP contribution in [0.25, 0.3) is 0 Å². The summed E-state index contributed by atoms with van der Waals surface area (Å²) in [5.41, 5.74) is -0.323. The summed E-state index contributed by atoms with van der Waals surface area (Å²) in [6.07, 6.45) is 1.36. The van der Waals surface area contributed by atoms with Crippen molar-refractivity contribution in [1.82, 2.24) is 4.90 Å². The molecule has 0 aliphatic carbocycles. The lowest BCUT2D eigenvalue weighted by atomic mass is 9.98. The van der Waals surface area contributed by atoms with Crippen LogP contribution in [0.15, 0.2) is 24.3 Å². The number of hydrogen-bond acceptors (Lipinski definition) is 3. The molecule has 1 saturated heterocycles. The number of nitrogens with zero attached hydrogens (tertiary/aromatic N) is 1. The van der Waals surface area contributed by atoms with Crippen LogP contribution in [0.1, 0.15) is 25.3 Å². The first-order valence-corrected chi connectivity index (χ1v) is 6.25. The number of carboxylic acid groups (broad SMARTS) is 1. The van der Waals surface area contributed by atoms with Crippen molar-refractivity contribution in [2.75, 3.05) is 6.54 Å². The molecule has 1 atom stereocenters. The minimum absolute atomic E-state index is 0.146. The van der Waals surface area contributed by atoms with Crippen LogP contribution in [0.2, 0.25) is 0 Å². The summed E-state index contributed by atoms with van der Waals surface area (Å²) in [5.74, 6) is -0.995. The largest absolute Gasteiger partial charge is 0.508 e. The number of carbonyl (C=O) groups excluding carboxylic acids is 1. The number of carboxylic acids is 1. The molecule has 1 fully saturated rings. The Balaban J connectivity index is 2.11. The van der Waals surface area contributed by atoms with Crippen LogP contribution in [0.4, 0.5) is 0 Å². The molecule has 1 aliphatic heterocycles. The molecule has 0 bridgehead atoms. The highest BCUT2D eigenvalue weighted by atomic mass is 16.4. The second-order valence-corrected chi connectivity index (χ2v) is 5.07. The highest BCUT2D eigenvalue weighted by molar-refractivity contribution is 5.88. The van der Waals surface area contributed by atoms with E-state index in [4.69, 9.17) is 0 Å². The van der Waals surface area contributed by atoms with Gasteiger partial charge in [-0.2, -0.15) is 0 Å². The van der Waals surface area contributed by atoms with E-state index in [-0.39, 0.29) is 18.1 Å². The Hall–Kier alpha value is -2.04. The molecule has 1 heterocycles. The summed E-state index contributed by atoms with van der Waals surface area (Å²) in [4.78, 5) is 25.0. The number of amides is 1. The number of hydrogen-bond donors (Lipinski definition) is 2. The smallest absolute Gasteiger partial charge is 0.329 e. The first kappa shape index (κ1) is 13.4. The fraction of sp³-hybridized carbons (Fsp3) is 0.429. The standard InChI is InChI=1S/C14H17NO4/c1-14(13(18)19)7-2-8-15(14)12(17)9-10-3-5-11(16)6-4-10/h3-6,16H,2,7-9H2,1H3,(H,18,19). The van der Waals surface area contributed by atoms with Crippen molar-refractivity contribution in [3.05, 3.63) is 29.8 Å². The highest BCUT2D eigenvalue weighted by Gasteiger charge is 2.45. The summed E-state index contributed by atoms with van der Waals surface area (Å²) < 4.78 is 0. The van der Waals surface area contributed by atoms with E-state index in [1.54, 1.807) is 19.1 Å². The van der Waals surface area contributed by atoms with Crippen molar-refractivity contribution >= 4 is 11.9 Å². The van der Waals surface area contributed by atoms with Crippen molar-refractivity contribution in [3.63, 3.8) is 0 Å². The Morgan fingerprint density at radius 2 is 1.95 bits per heavy atom. The molecule has 0 saturated carbocycles. The van der Waals surface area contributed by atoms with Crippen molar-refractivity contribution in [2.45, 2.75) is 31.7 Å². The molecule has 1 unspecified atom stereocenters. The molecule has 1 aromatic carbocycles. The molecule has 2 N–H and O–H groups in total. The van der Waals surface area contributed by atoms with Gasteiger partial charge < -0.3 is 15.1 Å². The van der Waals surface area contributed by atoms with Crippen molar-refractivity contribution in [3.8, 4) is 5.75 Å². The van der Waals surface area contributed by atoms with E-state index >= 15 is 0 Å². The molecule has 0 spiro atoms. The Morgan fingerprint density at radius 1 is 1.32 bits per heavy atom. The highest BCUT2D eigenvalue weighted by Crippen LogP contribution is 2.30. The lowest BCUT2D eigenvalue weighted by Gasteiger charge is -2.31. The fourth-order valence-electron chi connectivity index (χ4n) is 2.47. The van der Waals surface area contributed by atoms with Crippen LogP contribution in [-0.2, 0) is 16.0 Å². The maximum atomic E-state index is 12.2. The molecule has 2 rings (SSSR count). The normalized spacial score (nSPS) is 22.5. The monoisotopic (exact) mass is 263 g/mol. The third-order valence-electron chi connectivity index (χ3n) is 3.69. The third kappa shape index (κ3) is 2.54. The lowest BCUT2D eigenvalue weighted by Crippen LogP contribution is -2.51. The van der Waals surface area contributed by atoms with Gasteiger partial charge in [-0.15, -0.1) is 0 Å². The van der Waals surface area contributed by atoms with Gasteiger partial charge in [-0.1, -0.05) is 12.1 Å². The summed E-state index contributed by atoms with van der Waals surface area (Å²) in [6.45, 7) is 2.08. The second-order valence-electron chi connectivity index (χ2n) is 5.07. The topological polar surface area (TPSA) is 77.8 Å². The van der Waals surface area contributed by atoms with E-state index in [0.717, 1.165) is 5.56 Å². The zero-order chi connectivity index (χ0) is 14.0. The van der Waals surface area contributed by atoms with Crippen molar-refractivity contribution in [2.24, 2.45) is 0 Å². The van der Waals surface area contributed by atoms with Gasteiger partial charge in [0.1, 0.15) is 11.3 Å². The average Bonchev–Trinajstić information content (AvgIpc) is 2.76. The van der Waals surface area contributed by atoms with E-state index in [2.05, 4.69) is 0 Å². The van der Waals surface area contributed by atoms with E-state index < -0.39 is 11.5 Å². The number of likely N-dealkylation sites (tertiary alicyclic amines) is 1. The molecular weight excluding hydrogens is 246 g/mol. The van der Waals surface area contributed by atoms with Gasteiger partial charge in [-0.25, -0.2) is 4.79 Å². The minimum atomic E-state index is -1.09. The second kappa shape index (κ2) is 4.91. The van der Waals surface area contributed by atoms with Crippen LogP contribution in [0.3, 0.4) is 0 Å². The first-order chi connectivity index (χ1) is 8.93.